The molecule has 124 valence electrons. The number of rotatable bonds is 6. The van der Waals surface area contributed by atoms with Crippen LogP contribution in [0.5, 0.6) is 5.75 Å². The minimum absolute atomic E-state index is 0.0793. The van der Waals surface area contributed by atoms with Gasteiger partial charge in [-0.25, -0.2) is 4.68 Å². The molecule has 0 spiro atoms. The molecule has 0 aliphatic rings. The zero-order chi connectivity index (χ0) is 16.9. The van der Waals surface area contributed by atoms with Crippen molar-refractivity contribution in [2.75, 3.05) is 12.9 Å². The highest BCUT2D eigenvalue weighted by atomic mass is 32.2. The van der Waals surface area contributed by atoms with E-state index in [2.05, 4.69) is 20.8 Å². The smallest absolute Gasteiger partial charge is 0.230 e. The number of tetrazole rings is 1. The number of nitrogens with zero attached hydrogens (tertiary/aromatic N) is 4. The highest BCUT2D eigenvalue weighted by molar-refractivity contribution is 7.99. The number of amides is 1. The highest BCUT2D eigenvalue weighted by Gasteiger charge is 2.20. The Kier molecular flexibility index (Phi) is 5.59. The first-order chi connectivity index (χ1) is 10.9. The van der Waals surface area contributed by atoms with Crippen LogP contribution in [0.3, 0.4) is 0 Å². The Morgan fingerprint density at radius 3 is 2.78 bits per heavy atom. The number of ether oxygens (including phenoxy) is 1. The summed E-state index contributed by atoms with van der Waals surface area (Å²) in [5.41, 5.74) is 0.715. The summed E-state index contributed by atoms with van der Waals surface area (Å²) in [5.74, 6) is 0.937. The van der Waals surface area contributed by atoms with Crippen molar-refractivity contribution in [3.8, 4) is 5.75 Å². The molecule has 0 atom stereocenters. The van der Waals surface area contributed by atoms with Crippen LogP contribution in [-0.2, 0) is 16.9 Å². The van der Waals surface area contributed by atoms with Crippen molar-refractivity contribution in [1.29, 1.82) is 0 Å². The summed E-state index contributed by atoms with van der Waals surface area (Å²) >= 11 is 1.32. The largest absolute Gasteiger partial charge is 0.496 e. The van der Waals surface area contributed by atoms with E-state index in [9.17, 15) is 4.79 Å². The Bertz CT molecular complexity index is 666. The maximum absolute atomic E-state index is 12.0. The number of hydrogen-bond acceptors (Lipinski definition) is 6. The lowest BCUT2D eigenvalue weighted by Crippen LogP contribution is -2.26. The fourth-order valence-electron chi connectivity index (χ4n) is 1.91. The van der Waals surface area contributed by atoms with E-state index < -0.39 is 0 Å². The fourth-order valence-corrected chi connectivity index (χ4v) is 2.80. The number of hydrogen-bond donors (Lipinski definition) is 1. The van der Waals surface area contributed by atoms with Crippen LogP contribution in [0.25, 0.3) is 0 Å². The molecule has 1 N–H and O–H groups in total. The monoisotopic (exact) mass is 335 g/mol. The maximum atomic E-state index is 12.0. The average Bonchev–Trinajstić information content (AvgIpc) is 3.00. The van der Waals surface area contributed by atoms with Gasteiger partial charge in [-0.15, -0.1) is 5.10 Å². The lowest BCUT2D eigenvalue weighted by Gasteiger charge is -2.19. The molecular formula is C15H21N5O2S. The summed E-state index contributed by atoms with van der Waals surface area (Å²) in [6.07, 6.45) is 0. The van der Waals surface area contributed by atoms with E-state index in [1.165, 1.54) is 11.8 Å². The lowest BCUT2D eigenvalue weighted by atomic mass is 10.1. The summed E-state index contributed by atoms with van der Waals surface area (Å²) in [6, 6.07) is 7.60. The minimum atomic E-state index is -0.223. The molecule has 7 nitrogen and oxygen atoms in total. The second kappa shape index (κ2) is 7.45. The van der Waals surface area contributed by atoms with Crippen molar-refractivity contribution in [2.24, 2.45) is 0 Å². The normalized spacial score (nSPS) is 11.3. The molecule has 0 bridgehead atoms. The van der Waals surface area contributed by atoms with Crippen molar-refractivity contribution < 1.29 is 9.53 Å². The molecular weight excluding hydrogens is 314 g/mol. The Morgan fingerprint density at radius 1 is 1.35 bits per heavy atom. The summed E-state index contributed by atoms with van der Waals surface area (Å²) in [4.78, 5) is 12.0. The minimum Gasteiger partial charge on any atom is -0.496 e. The molecule has 1 aromatic carbocycles. The number of aromatic nitrogens is 4. The molecule has 8 heteroatoms. The number of para-hydroxylation sites is 1. The third-order valence-corrected chi connectivity index (χ3v) is 4.00. The number of carbonyl (C=O) groups excluding carboxylic acids is 1. The molecule has 1 heterocycles. The maximum Gasteiger partial charge on any atom is 0.230 e. The molecule has 0 saturated carbocycles. The molecule has 1 amide bonds. The van der Waals surface area contributed by atoms with Gasteiger partial charge >= 0.3 is 0 Å². The van der Waals surface area contributed by atoms with Crippen LogP contribution in [0.2, 0.25) is 0 Å². The molecule has 0 fully saturated rings. The highest BCUT2D eigenvalue weighted by Crippen LogP contribution is 2.21. The summed E-state index contributed by atoms with van der Waals surface area (Å²) in [5, 5.41) is 15.1. The van der Waals surface area contributed by atoms with Crippen LogP contribution in [0.1, 0.15) is 26.3 Å². The van der Waals surface area contributed by atoms with Crippen LogP contribution < -0.4 is 10.1 Å². The van der Waals surface area contributed by atoms with Gasteiger partial charge in [-0.1, -0.05) is 30.0 Å². The molecule has 1 aromatic heterocycles. The standard InChI is InChI=1S/C15H21N5O2S/c1-15(2,3)20-14(17-18-19-20)23-10-13(21)16-9-11-7-5-6-8-12(11)22-4/h5-8H,9-10H2,1-4H3,(H,16,21). The van der Waals surface area contributed by atoms with Gasteiger partial charge in [0.15, 0.2) is 0 Å². The molecule has 2 rings (SSSR count). The zero-order valence-corrected chi connectivity index (χ0v) is 14.6. The number of methoxy groups -OCH3 is 1. The molecule has 2 aromatic rings. The van der Waals surface area contributed by atoms with Gasteiger partial charge in [0, 0.05) is 12.1 Å². The predicted molar refractivity (Wildman–Crippen MR) is 88.4 cm³/mol. The third kappa shape index (κ3) is 4.69. The van der Waals surface area contributed by atoms with E-state index in [4.69, 9.17) is 4.74 Å². The number of nitrogens with one attached hydrogen (secondary N) is 1. The first-order valence-corrected chi connectivity index (χ1v) is 8.20. The summed E-state index contributed by atoms with van der Waals surface area (Å²) in [7, 11) is 1.61. The van der Waals surface area contributed by atoms with Gasteiger partial charge in [-0.2, -0.15) is 0 Å². The van der Waals surface area contributed by atoms with Crippen LogP contribution in [0.4, 0.5) is 0 Å². The molecule has 0 saturated heterocycles. The van der Waals surface area contributed by atoms with Gasteiger partial charge in [0.05, 0.1) is 18.4 Å². The number of thioether (sulfide) groups is 1. The van der Waals surface area contributed by atoms with Gasteiger partial charge in [0.1, 0.15) is 5.75 Å². The Morgan fingerprint density at radius 2 is 2.09 bits per heavy atom. The lowest BCUT2D eigenvalue weighted by molar-refractivity contribution is -0.118. The first-order valence-electron chi connectivity index (χ1n) is 7.22. The van der Waals surface area contributed by atoms with Crippen molar-refractivity contribution >= 4 is 17.7 Å². The van der Waals surface area contributed by atoms with Crippen molar-refractivity contribution in [2.45, 2.75) is 38.0 Å². The average molecular weight is 335 g/mol. The van der Waals surface area contributed by atoms with Crippen molar-refractivity contribution in [3.63, 3.8) is 0 Å². The first kappa shape index (κ1) is 17.3. The summed E-state index contributed by atoms with van der Waals surface area (Å²) < 4.78 is 6.98. The van der Waals surface area contributed by atoms with Crippen LogP contribution in [0.15, 0.2) is 29.4 Å². The molecule has 0 aliphatic carbocycles. The van der Waals surface area contributed by atoms with Gasteiger partial charge in [-0.3, -0.25) is 4.79 Å². The van der Waals surface area contributed by atoms with Crippen LogP contribution >= 0.6 is 11.8 Å². The van der Waals surface area contributed by atoms with Gasteiger partial charge in [-0.05, 0) is 37.3 Å². The molecule has 0 unspecified atom stereocenters. The Hall–Kier alpha value is -2.09. The van der Waals surface area contributed by atoms with Gasteiger partial charge < -0.3 is 10.1 Å². The molecule has 23 heavy (non-hydrogen) atoms. The van der Waals surface area contributed by atoms with Crippen molar-refractivity contribution in [1.82, 2.24) is 25.5 Å². The van der Waals surface area contributed by atoms with Crippen molar-refractivity contribution in [3.05, 3.63) is 29.8 Å². The Balaban J connectivity index is 1.88. The Labute approximate surface area is 139 Å². The summed E-state index contributed by atoms with van der Waals surface area (Å²) in [6.45, 7) is 6.45. The van der Waals surface area contributed by atoms with E-state index in [1.807, 2.05) is 45.0 Å². The molecule has 0 aliphatic heterocycles. The topological polar surface area (TPSA) is 81.9 Å². The second-order valence-corrected chi connectivity index (χ2v) is 6.86. The van der Waals surface area contributed by atoms with E-state index in [1.54, 1.807) is 11.8 Å². The van der Waals surface area contributed by atoms with E-state index >= 15 is 0 Å². The van der Waals surface area contributed by atoms with Crippen LogP contribution in [-0.4, -0.2) is 39.0 Å². The van der Waals surface area contributed by atoms with E-state index in [-0.39, 0.29) is 17.2 Å². The number of carbonyl (C=O) groups is 1. The van der Waals surface area contributed by atoms with E-state index in [0.717, 1.165) is 11.3 Å². The zero-order valence-electron chi connectivity index (χ0n) is 13.7. The SMILES string of the molecule is COc1ccccc1CNC(=O)CSc1nnnn1C(C)(C)C. The van der Waals surface area contributed by atoms with Gasteiger partial charge in [0.2, 0.25) is 11.1 Å². The second-order valence-electron chi connectivity index (χ2n) is 5.92. The quantitative estimate of drug-likeness (QED) is 0.811. The van der Waals surface area contributed by atoms with E-state index in [0.29, 0.717) is 11.7 Å². The van der Waals surface area contributed by atoms with Gasteiger partial charge in [0.25, 0.3) is 0 Å². The number of benzene rings is 1. The van der Waals surface area contributed by atoms with Crippen LogP contribution in [0, 0.1) is 0 Å². The molecule has 0 radical (unpaired) electrons. The predicted octanol–water partition coefficient (Wildman–Crippen LogP) is 1.85. The third-order valence-electron chi connectivity index (χ3n) is 3.08. The fraction of sp³-hybridized carbons (Fsp3) is 0.467.